The van der Waals surface area contributed by atoms with E-state index in [-0.39, 0.29) is 5.41 Å². The van der Waals surface area contributed by atoms with Crippen LogP contribution in [0.5, 0.6) is 5.88 Å². The van der Waals surface area contributed by atoms with Crippen molar-refractivity contribution < 1.29 is 4.74 Å². The lowest BCUT2D eigenvalue weighted by molar-refractivity contribution is 0.388. The number of allylic oxidation sites excluding steroid dienone is 1. The molecule has 0 aliphatic heterocycles. The summed E-state index contributed by atoms with van der Waals surface area (Å²) in [7, 11) is 1.63. The topological polar surface area (TPSA) is 51.5 Å². The molecule has 0 radical (unpaired) electrons. The van der Waals surface area contributed by atoms with Crippen molar-refractivity contribution in [2.24, 2.45) is 5.41 Å². The molecule has 0 aliphatic rings. The fourth-order valence-corrected chi connectivity index (χ4v) is 2.12. The van der Waals surface area contributed by atoms with Gasteiger partial charge in [0.1, 0.15) is 0 Å². The van der Waals surface area contributed by atoms with Crippen LogP contribution >= 0.6 is 0 Å². The zero-order valence-corrected chi connectivity index (χ0v) is 13.7. The number of methoxy groups -OCH3 is 1. The molecule has 21 heavy (non-hydrogen) atoms. The number of ether oxygens (including phenoxy) is 1. The fourth-order valence-electron chi connectivity index (χ4n) is 2.12. The number of hydrogen-bond donors (Lipinski definition) is 1. The van der Waals surface area contributed by atoms with E-state index in [4.69, 9.17) is 4.74 Å². The van der Waals surface area contributed by atoms with E-state index in [1.165, 1.54) is 0 Å². The second-order valence-corrected chi connectivity index (χ2v) is 6.34. The van der Waals surface area contributed by atoms with Crippen molar-refractivity contribution in [1.82, 2.24) is 19.9 Å². The first-order valence-corrected chi connectivity index (χ1v) is 7.07. The predicted molar refractivity (Wildman–Crippen MR) is 84.4 cm³/mol. The highest BCUT2D eigenvalue weighted by Gasteiger charge is 2.19. The van der Waals surface area contributed by atoms with E-state index in [1.54, 1.807) is 7.11 Å². The Morgan fingerprint density at radius 2 is 2.05 bits per heavy atom. The maximum atomic E-state index is 5.40. The molecule has 0 unspecified atom stereocenters. The van der Waals surface area contributed by atoms with E-state index in [0.717, 1.165) is 28.3 Å². The zero-order valence-electron chi connectivity index (χ0n) is 13.7. The Morgan fingerprint density at radius 1 is 1.38 bits per heavy atom. The predicted octanol–water partition coefficient (Wildman–Crippen LogP) is 3.00. The van der Waals surface area contributed by atoms with Crippen molar-refractivity contribution >= 4 is 5.65 Å². The van der Waals surface area contributed by atoms with Crippen LogP contribution in [-0.2, 0) is 6.54 Å². The molecule has 5 nitrogen and oxygen atoms in total. The number of aromatic nitrogens is 3. The number of aryl methyl sites for hydroxylation is 2. The lowest BCUT2D eigenvalue weighted by Gasteiger charge is -2.23. The van der Waals surface area contributed by atoms with Crippen LogP contribution in [0.3, 0.4) is 0 Å². The fraction of sp³-hybridized carbons (Fsp3) is 0.500. The van der Waals surface area contributed by atoms with Crippen molar-refractivity contribution in [2.45, 2.75) is 41.2 Å². The Hall–Kier alpha value is -2.04. The van der Waals surface area contributed by atoms with Crippen molar-refractivity contribution in [3.63, 3.8) is 0 Å². The largest absolute Gasteiger partial charge is 0.480 e. The van der Waals surface area contributed by atoms with Gasteiger partial charge in [0.25, 0.3) is 0 Å². The quantitative estimate of drug-likeness (QED) is 0.939. The van der Waals surface area contributed by atoms with Crippen LogP contribution in [0.4, 0.5) is 0 Å². The molecule has 2 aromatic rings. The standard InChI is InChI=1S/C16H24N4O/c1-10-8-11(2)20-14(18-10)13(15(19-20)21-7)9-17-12(3)16(4,5)6/h8,17H,3,9H2,1-2,4-7H3. The minimum atomic E-state index is 0.00939. The third-order valence-corrected chi connectivity index (χ3v) is 3.53. The molecule has 2 rings (SSSR count). The third kappa shape index (κ3) is 3.01. The van der Waals surface area contributed by atoms with Crippen molar-refractivity contribution in [1.29, 1.82) is 0 Å². The Morgan fingerprint density at radius 3 is 2.62 bits per heavy atom. The SMILES string of the molecule is C=C(NCc1c(OC)nn2c(C)cc(C)nc12)C(C)(C)C. The Kier molecular flexibility index (Phi) is 3.94. The van der Waals surface area contributed by atoms with E-state index in [0.29, 0.717) is 12.4 Å². The molecule has 2 heterocycles. The first-order chi connectivity index (χ1) is 9.74. The van der Waals surface area contributed by atoms with Crippen molar-refractivity contribution in [3.8, 4) is 5.88 Å². The van der Waals surface area contributed by atoms with Crippen molar-refractivity contribution in [3.05, 3.63) is 35.3 Å². The van der Waals surface area contributed by atoms with E-state index in [1.807, 2.05) is 24.4 Å². The molecule has 1 N–H and O–H groups in total. The van der Waals surface area contributed by atoms with Crippen LogP contribution in [0.1, 0.15) is 37.7 Å². The number of nitrogens with one attached hydrogen (secondary N) is 1. The highest BCUT2D eigenvalue weighted by atomic mass is 16.5. The van der Waals surface area contributed by atoms with Gasteiger partial charge in [-0.15, -0.1) is 5.10 Å². The van der Waals surface area contributed by atoms with Crippen LogP contribution in [0.15, 0.2) is 18.3 Å². The van der Waals surface area contributed by atoms with E-state index in [2.05, 4.69) is 42.7 Å². The van der Waals surface area contributed by atoms with Crippen molar-refractivity contribution in [2.75, 3.05) is 7.11 Å². The molecule has 0 amide bonds. The lowest BCUT2D eigenvalue weighted by Crippen LogP contribution is -2.23. The van der Waals surface area contributed by atoms with E-state index >= 15 is 0 Å². The summed E-state index contributed by atoms with van der Waals surface area (Å²) in [6.45, 7) is 15.1. The van der Waals surface area contributed by atoms with Gasteiger partial charge in [-0.25, -0.2) is 9.50 Å². The molecule has 114 valence electrons. The summed E-state index contributed by atoms with van der Waals surface area (Å²) in [5, 5.41) is 7.84. The minimum Gasteiger partial charge on any atom is -0.480 e. The van der Waals surface area contributed by atoms with Gasteiger partial charge in [-0.1, -0.05) is 27.4 Å². The molecule has 0 aliphatic carbocycles. The summed E-state index contributed by atoms with van der Waals surface area (Å²) in [4.78, 5) is 4.60. The highest BCUT2D eigenvalue weighted by molar-refractivity contribution is 5.54. The van der Waals surface area contributed by atoms with Crippen LogP contribution < -0.4 is 10.1 Å². The van der Waals surface area contributed by atoms with E-state index in [9.17, 15) is 0 Å². The average molecular weight is 288 g/mol. The smallest absolute Gasteiger partial charge is 0.240 e. The second kappa shape index (κ2) is 5.39. The Bertz CT molecular complexity index is 680. The summed E-state index contributed by atoms with van der Waals surface area (Å²) in [5.74, 6) is 0.602. The molecule has 2 aromatic heterocycles. The highest BCUT2D eigenvalue weighted by Crippen LogP contribution is 2.25. The first-order valence-electron chi connectivity index (χ1n) is 7.07. The Balaban J connectivity index is 2.40. The molecule has 0 spiro atoms. The maximum Gasteiger partial charge on any atom is 0.240 e. The lowest BCUT2D eigenvalue weighted by atomic mass is 9.93. The molecular formula is C16H24N4O. The van der Waals surface area contributed by atoms with Gasteiger partial charge in [0.15, 0.2) is 5.65 Å². The summed E-state index contributed by atoms with van der Waals surface area (Å²) in [5.41, 5.74) is 4.78. The molecule has 0 bridgehead atoms. The van der Waals surface area contributed by atoms with Gasteiger partial charge in [-0.2, -0.15) is 0 Å². The summed E-state index contributed by atoms with van der Waals surface area (Å²) in [6, 6.07) is 2.00. The molecule has 0 aromatic carbocycles. The van der Waals surface area contributed by atoms with Crippen LogP contribution in [-0.4, -0.2) is 21.7 Å². The van der Waals surface area contributed by atoms with Crippen LogP contribution in [0.2, 0.25) is 0 Å². The summed E-state index contributed by atoms with van der Waals surface area (Å²) in [6.07, 6.45) is 0. The number of rotatable bonds is 4. The molecule has 5 heteroatoms. The number of hydrogen-bond acceptors (Lipinski definition) is 4. The van der Waals surface area contributed by atoms with Gasteiger partial charge < -0.3 is 10.1 Å². The summed E-state index contributed by atoms with van der Waals surface area (Å²) >= 11 is 0. The maximum absolute atomic E-state index is 5.40. The minimum absolute atomic E-state index is 0.00939. The third-order valence-electron chi connectivity index (χ3n) is 3.53. The molecule has 0 saturated heterocycles. The number of nitrogens with zero attached hydrogens (tertiary/aromatic N) is 3. The van der Waals surface area contributed by atoms with Crippen LogP contribution in [0, 0.1) is 19.3 Å². The van der Waals surface area contributed by atoms with Gasteiger partial charge in [-0.05, 0) is 19.9 Å². The van der Waals surface area contributed by atoms with Gasteiger partial charge in [0.2, 0.25) is 5.88 Å². The second-order valence-electron chi connectivity index (χ2n) is 6.34. The van der Waals surface area contributed by atoms with Gasteiger partial charge in [0, 0.05) is 29.0 Å². The zero-order chi connectivity index (χ0) is 15.8. The molecule has 0 atom stereocenters. The number of fused-ring (bicyclic) bond motifs is 1. The first kappa shape index (κ1) is 15.4. The Labute approximate surface area is 126 Å². The molecule has 0 saturated carbocycles. The normalized spacial score (nSPS) is 11.7. The van der Waals surface area contributed by atoms with Gasteiger partial charge in [-0.3, -0.25) is 0 Å². The molecular weight excluding hydrogens is 264 g/mol. The molecule has 0 fully saturated rings. The van der Waals surface area contributed by atoms with Crippen LogP contribution in [0.25, 0.3) is 5.65 Å². The summed E-state index contributed by atoms with van der Waals surface area (Å²) < 4.78 is 7.22. The average Bonchev–Trinajstić information content (AvgIpc) is 2.72. The van der Waals surface area contributed by atoms with Gasteiger partial charge >= 0.3 is 0 Å². The monoisotopic (exact) mass is 288 g/mol. The van der Waals surface area contributed by atoms with E-state index < -0.39 is 0 Å². The van der Waals surface area contributed by atoms with Gasteiger partial charge in [0.05, 0.1) is 12.7 Å².